The van der Waals surface area contributed by atoms with Crippen LogP contribution >= 0.6 is 11.8 Å². The normalized spacial score (nSPS) is 25.6. The number of rotatable bonds is 20. The Morgan fingerprint density at radius 3 is 2.34 bits per heavy atom. The average molecular weight is 1160 g/mol. The number of nitrogens with one attached hydrogen (secondary N) is 5. The van der Waals surface area contributed by atoms with Crippen molar-refractivity contribution in [3.05, 3.63) is 23.8 Å². The van der Waals surface area contributed by atoms with Crippen LogP contribution in [0.25, 0.3) is 10.9 Å². The molecule has 0 aliphatic carbocycles. The quantitative estimate of drug-likeness (QED) is 0.0520. The molecule has 12 atom stereocenters. The topological polar surface area (TPSA) is 397 Å². The van der Waals surface area contributed by atoms with Crippen LogP contribution in [0.2, 0.25) is 0 Å². The van der Waals surface area contributed by atoms with Gasteiger partial charge in [-0.15, -0.1) is 0 Å². The number of likely N-dealkylation sites (tertiary alicyclic amines) is 1. The van der Waals surface area contributed by atoms with Crippen LogP contribution in [0.5, 0.6) is 5.75 Å². The fourth-order valence-electron chi connectivity index (χ4n) is 10.1. The molecule has 2 aromatic rings. The predicted molar refractivity (Wildman–Crippen MR) is 292 cm³/mol. The number of benzene rings is 1. The standard InChI is InChI=1S/C53H77N9O16S2/c1-6-27(2)28(3)49(73)57-22-47(71)58-40-26-80(77)52-37(35-11-10-34(18-38(35)60-52)78-13-7-12-62-48(72)20-44(79-5)53(62)76)19-39(51(75)56-21-46(55)70)59-50(74)36(29(4)43(68)25-63)17-32(64)9-8-31-16-33(65)23-61(31)24-42(67)30(14-41(40)66)15-45(54)69/h10-11,18,27-31,33,36,39-40,43-44,60,63,65,68H,6-9,12-17,19-26H2,1-5H3,(H2,54,69)(H2,55,70)(H,56,75)(H,57,73)(H,58,71)(H,59,74)/t27-,28-,29+,30-,31+,33+,36-,39?,40-,43-,44?,80?/m0/s1. The van der Waals surface area contributed by atoms with E-state index in [0.29, 0.717) is 11.8 Å². The molecule has 4 heterocycles. The Morgan fingerprint density at radius 2 is 1.69 bits per heavy atom. The fraction of sp³-hybridized carbons (Fsp3) is 0.642. The van der Waals surface area contributed by atoms with Gasteiger partial charge in [-0.2, -0.15) is 11.8 Å². The van der Waals surface area contributed by atoms with Crippen molar-refractivity contribution in [2.45, 2.75) is 133 Å². The second-order valence-electron chi connectivity index (χ2n) is 21.1. The predicted octanol–water partition coefficient (Wildman–Crippen LogP) is -1.74. The Kier molecular flexibility index (Phi) is 24.3. The van der Waals surface area contributed by atoms with Gasteiger partial charge < -0.3 is 57.8 Å². The minimum Gasteiger partial charge on any atom is -0.493 e. The summed E-state index contributed by atoms with van der Waals surface area (Å²) in [5, 5.41) is 41.4. The van der Waals surface area contributed by atoms with E-state index in [-0.39, 0.29) is 91.4 Å². The molecule has 12 N–H and O–H groups in total. The summed E-state index contributed by atoms with van der Waals surface area (Å²) < 4.78 is 21.2. The van der Waals surface area contributed by atoms with Crippen molar-refractivity contribution < 1.29 is 77.0 Å². The van der Waals surface area contributed by atoms with Crippen molar-refractivity contribution in [2.75, 3.05) is 57.9 Å². The van der Waals surface area contributed by atoms with Crippen LogP contribution in [-0.2, 0) is 70.0 Å². The third-order valence-electron chi connectivity index (χ3n) is 15.4. The van der Waals surface area contributed by atoms with Crippen LogP contribution in [0.3, 0.4) is 0 Å². The third-order valence-corrected chi connectivity index (χ3v) is 17.8. The first-order valence-corrected chi connectivity index (χ1v) is 29.5. The minimum atomic E-state index is -2.40. The molecule has 27 heteroatoms. The van der Waals surface area contributed by atoms with E-state index in [1.807, 2.05) is 13.8 Å². The molecular formula is C53H77N9O16S2. The zero-order chi connectivity index (χ0) is 59.1. The summed E-state index contributed by atoms with van der Waals surface area (Å²) in [6.45, 7) is 4.51. The largest absolute Gasteiger partial charge is 0.493 e. The first-order chi connectivity index (χ1) is 37.8. The van der Waals surface area contributed by atoms with Gasteiger partial charge in [0.05, 0.1) is 78.4 Å². The number of imide groups is 1. The summed E-state index contributed by atoms with van der Waals surface area (Å²) in [5.74, 6) is -12.5. The van der Waals surface area contributed by atoms with Crippen LogP contribution in [0.1, 0.15) is 91.0 Å². The van der Waals surface area contributed by atoms with Gasteiger partial charge in [0, 0.05) is 86.9 Å². The van der Waals surface area contributed by atoms with Gasteiger partial charge in [0.25, 0.3) is 0 Å². The molecule has 3 aliphatic rings. The van der Waals surface area contributed by atoms with E-state index in [9.17, 15) is 68.1 Å². The third kappa shape index (κ3) is 17.7. The zero-order valence-corrected chi connectivity index (χ0v) is 47.5. The fourth-order valence-corrected chi connectivity index (χ4v) is 12.2. The van der Waals surface area contributed by atoms with Crippen molar-refractivity contribution >= 4 is 98.1 Å². The van der Waals surface area contributed by atoms with Crippen molar-refractivity contribution in [1.29, 1.82) is 0 Å². The lowest BCUT2D eigenvalue weighted by Gasteiger charge is -2.28. The number of ether oxygens (including phenoxy) is 1. The molecule has 1 aromatic heterocycles. The Bertz CT molecular complexity index is 2670. The molecule has 80 heavy (non-hydrogen) atoms. The second kappa shape index (κ2) is 30.1. The molecule has 2 fully saturated rings. The van der Waals surface area contributed by atoms with Crippen LogP contribution in [-0.4, -0.2) is 192 Å². The SMILES string of the molecule is CC[C@H](C)[C@H](C)C(=O)NCC(=O)N[C@H]1CS(=O)c2[nH]c3cc(OCCCN4C(=O)CC(SC)C4=O)ccc3c2CC(C(=O)NCC(N)=O)NC(=O)[C@H]([C@@H](C)[C@@H](O)CO)CC(=O)CC[C@@H]2C[C@@H](O)CN2CC(=O)[C@H](CC(N)=O)CC1=O. The number of nitrogens with zero attached hydrogens (tertiary/aromatic N) is 2. The van der Waals surface area contributed by atoms with Crippen molar-refractivity contribution in [3.63, 3.8) is 0 Å². The van der Waals surface area contributed by atoms with Crippen LogP contribution in [0, 0.1) is 29.6 Å². The number of aliphatic hydroxyl groups is 3. The van der Waals surface area contributed by atoms with Crippen molar-refractivity contribution in [2.24, 2.45) is 41.1 Å². The number of aromatic amines is 1. The monoisotopic (exact) mass is 1160 g/mol. The molecular weight excluding hydrogens is 1080 g/mol. The number of thioether (sulfide) groups is 1. The molecule has 25 nitrogen and oxygen atoms in total. The van der Waals surface area contributed by atoms with Gasteiger partial charge in [0.15, 0.2) is 11.6 Å². The number of primary amides is 2. The van der Waals surface area contributed by atoms with E-state index >= 15 is 4.21 Å². The van der Waals surface area contributed by atoms with E-state index in [4.69, 9.17) is 16.2 Å². The van der Waals surface area contributed by atoms with Gasteiger partial charge in [-0.3, -0.25) is 66.7 Å². The van der Waals surface area contributed by atoms with Gasteiger partial charge >= 0.3 is 0 Å². The van der Waals surface area contributed by atoms with E-state index in [2.05, 4.69) is 26.3 Å². The zero-order valence-electron chi connectivity index (χ0n) is 45.8. The summed E-state index contributed by atoms with van der Waals surface area (Å²) in [6.07, 6.45) is -1.97. The molecule has 3 unspecified atom stereocenters. The Hall–Kier alpha value is -6.13. The van der Waals surface area contributed by atoms with E-state index in [0.717, 1.165) is 0 Å². The first-order valence-electron chi connectivity index (χ1n) is 26.9. The lowest BCUT2D eigenvalue weighted by molar-refractivity contribution is -0.138. The Labute approximate surface area is 470 Å². The maximum atomic E-state index is 15.1. The summed E-state index contributed by atoms with van der Waals surface area (Å²) in [6, 6.07) is 0.719. The molecule has 8 amide bonds. The van der Waals surface area contributed by atoms with E-state index in [1.165, 1.54) is 29.7 Å². The smallest absolute Gasteiger partial charge is 0.243 e. The molecule has 0 saturated carbocycles. The summed E-state index contributed by atoms with van der Waals surface area (Å²) >= 11 is 1.29. The number of aromatic nitrogens is 1. The summed E-state index contributed by atoms with van der Waals surface area (Å²) in [7, 11) is -2.40. The highest BCUT2D eigenvalue weighted by molar-refractivity contribution is 8.00. The van der Waals surface area contributed by atoms with E-state index < -0.39 is 181 Å². The molecule has 3 aliphatic heterocycles. The number of ketones is 3. The van der Waals surface area contributed by atoms with Gasteiger partial charge in [0.1, 0.15) is 22.6 Å². The number of amides is 8. The first kappa shape index (κ1) is 64.7. The number of carbonyl (C=O) groups is 11. The highest BCUT2D eigenvalue weighted by atomic mass is 32.2. The number of hydrogen-bond acceptors (Lipinski definition) is 18. The molecule has 1 aromatic carbocycles. The van der Waals surface area contributed by atoms with Crippen LogP contribution < -0.4 is 37.5 Å². The van der Waals surface area contributed by atoms with Gasteiger partial charge in [-0.1, -0.05) is 34.1 Å². The molecule has 442 valence electrons. The van der Waals surface area contributed by atoms with E-state index in [1.54, 1.807) is 30.2 Å². The molecule has 0 radical (unpaired) electrons. The highest BCUT2D eigenvalue weighted by Crippen LogP contribution is 2.32. The molecule has 0 bridgehead atoms. The Morgan fingerprint density at radius 1 is 0.963 bits per heavy atom. The lowest BCUT2D eigenvalue weighted by atomic mass is 9.83. The van der Waals surface area contributed by atoms with Gasteiger partial charge in [-0.25, -0.2) is 0 Å². The average Bonchev–Trinajstić information content (AvgIpc) is 4.19. The maximum Gasteiger partial charge on any atom is 0.243 e. The maximum absolute atomic E-state index is 15.1. The van der Waals surface area contributed by atoms with Crippen molar-refractivity contribution in [1.82, 2.24) is 36.1 Å². The van der Waals surface area contributed by atoms with Crippen LogP contribution in [0.15, 0.2) is 23.2 Å². The summed E-state index contributed by atoms with van der Waals surface area (Å²) in [5.41, 5.74) is 11.4. The number of Topliss-reactive ketones (excluding diaryl/α,β-unsaturated/α-hetero) is 3. The number of hydrogen-bond donors (Lipinski definition) is 10. The number of aliphatic hydroxyl groups excluding tert-OH is 3. The number of nitrogens with two attached hydrogens (primary N) is 2. The molecule has 2 saturated heterocycles. The Balaban J connectivity index is 1.62. The second-order valence-corrected chi connectivity index (χ2v) is 23.6. The summed E-state index contributed by atoms with van der Waals surface area (Å²) in [4.78, 5) is 154. The van der Waals surface area contributed by atoms with Gasteiger partial charge in [-0.05, 0) is 55.1 Å². The minimum absolute atomic E-state index is 0.0206. The highest BCUT2D eigenvalue weighted by Gasteiger charge is 2.40. The molecule has 0 spiro atoms. The number of carbonyl (C=O) groups excluding carboxylic acids is 11. The number of H-pyrrole nitrogens is 1. The van der Waals surface area contributed by atoms with Crippen molar-refractivity contribution in [3.8, 4) is 5.75 Å². The molecule has 5 rings (SSSR count). The lowest BCUT2D eigenvalue weighted by Crippen LogP contribution is -2.52. The van der Waals surface area contributed by atoms with Gasteiger partial charge in [0.2, 0.25) is 47.3 Å². The number of fused-ring (bicyclic) bond motifs is 4. The van der Waals surface area contributed by atoms with Crippen LogP contribution in [0.4, 0.5) is 0 Å².